The molecule has 0 radical (unpaired) electrons. The van der Waals surface area contributed by atoms with Gasteiger partial charge in [-0.05, 0) is 101 Å². The Hall–Kier alpha value is -3.81. The minimum atomic E-state index is -5.03. The molecule has 1 aromatic carbocycles. The van der Waals surface area contributed by atoms with Gasteiger partial charge in [-0.25, -0.2) is 23.5 Å². The van der Waals surface area contributed by atoms with E-state index in [0.29, 0.717) is 41.9 Å². The van der Waals surface area contributed by atoms with Crippen molar-refractivity contribution in [2.24, 2.45) is 23.7 Å². The standard InChI is InChI=1S/C39H48F5N5O4/c1-5-23(4)49-18-31(29-11-10-28(16-32(29)49)53-27-8-6-26(7-9-27)48-19-37(40,41)20-48)34-45-17-30(33(46-34)39(42,43)44)35(50)47-38(36(51)52)22(3)14-24-12-21(2)13-25(38)15-24/h10-11,16-18,21-27H,5-9,12-15,19-20H2,1-4H3,(H,47,50)(H,51,52)/t21?,22?,23-,24?,25?,26?,27?,38?/m1/s1. The Labute approximate surface area is 305 Å². The zero-order valence-corrected chi connectivity index (χ0v) is 30.6. The van der Waals surface area contributed by atoms with Crippen LogP contribution in [0.5, 0.6) is 5.75 Å². The normalized spacial score (nSPS) is 30.7. The van der Waals surface area contributed by atoms with Gasteiger partial charge in [0.15, 0.2) is 11.5 Å². The van der Waals surface area contributed by atoms with Crippen LogP contribution in [0.3, 0.4) is 0 Å². The fraction of sp³-hybridized carbons (Fsp3) is 0.641. The number of carboxylic acid groups (broad SMARTS) is 1. The van der Waals surface area contributed by atoms with Gasteiger partial charge in [0, 0.05) is 41.5 Å². The number of carboxylic acids is 1. The van der Waals surface area contributed by atoms with Gasteiger partial charge in [0.2, 0.25) is 0 Å². The Morgan fingerprint density at radius 1 is 1.08 bits per heavy atom. The number of hydrogen-bond donors (Lipinski definition) is 2. The number of fused-ring (bicyclic) bond motifs is 3. The second kappa shape index (κ2) is 13.8. The summed E-state index contributed by atoms with van der Waals surface area (Å²) in [6.07, 6.45) is 3.84. The van der Waals surface area contributed by atoms with Gasteiger partial charge in [-0.3, -0.25) is 9.69 Å². The highest BCUT2D eigenvalue weighted by Crippen LogP contribution is 2.50. The number of aliphatic carboxylic acids is 1. The van der Waals surface area contributed by atoms with Gasteiger partial charge in [0.1, 0.15) is 11.3 Å². The molecular weight excluding hydrogens is 697 g/mol. The van der Waals surface area contributed by atoms with Gasteiger partial charge in [0.05, 0.1) is 30.3 Å². The molecule has 1 saturated heterocycles. The molecule has 2 aromatic heterocycles. The topological polar surface area (TPSA) is 110 Å². The van der Waals surface area contributed by atoms with Crippen molar-refractivity contribution in [3.8, 4) is 17.1 Å². The second-order valence-electron chi connectivity index (χ2n) is 16.3. The Kier molecular flexibility index (Phi) is 9.76. The third-order valence-corrected chi connectivity index (χ3v) is 12.6. The van der Waals surface area contributed by atoms with E-state index in [1.165, 1.54) is 0 Å². The molecule has 9 nitrogen and oxygen atoms in total. The largest absolute Gasteiger partial charge is 0.490 e. The van der Waals surface area contributed by atoms with E-state index in [0.717, 1.165) is 50.2 Å². The predicted molar refractivity (Wildman–Crippen MR) is 188 cm³/mol. The maximum absolute atomic E-state index is 14.7. The Bertz CT molecular complexity index is 1860. The number of carbonyl (C=O) groups is 2. The van der Waals surface area contributed by atoms with Crippen LogP contribution in [0, 0.1) is 23.7 Å². The number of ether oxygens (including phenoxy) is 1. The summed E-state index contributed by atoms with van der Waals surface area (Å²) in [5.41, 5.74) is -2.89. The molecule has 2 bridgehead atoms. The first-order valence-corrected chi connectivity index (χ1v) is 18.9. The molecule has 3 heterocycles. The Balaban J connectivity index is 1.17. The van der Waals surface area contributed by atoms with Crippen molar-refractivity contribution in [1.29, 1.82) is 0 Å². The van der Waals surface area contributed by atoms with Crippen molar-refractivity contribution >= 4 is 22.8 Å². The number of benzene rings is 1. The van der Waals surface area contributed by atoms with Crippen LogP contribution in [0.4, 0.5) is 22.0 Å². The number of aromatic nitrogens is 3. The van der Waals surface area contributed by atoms with Crippen molar-refractivity contribution in [1.82, 2.24) is 24.8 Å². The fourth-order valence-corrected chi connectivity index (χ4v) is 9.78. The van der Waals surface area contributed by atoms with Crippen molar-refractivity contribution in [3.63, 3.8) is 0 Å². The van der Waals surface area contributed by atoms with Crippen molar-refractivity contribution < 1.29 is 41.4 Å². The number of alkyl halides is 5. The van der Waals surface area contributed by atoms with Gasteiger partial charge in [-0.1, -0.05) is 20.8 Å². The van der Waals surface area contributed by atoms with Crippen LogP contribution in [0.1, 0.15) is 108 Å². The minimum Gasteiger partial charge on any atom is -0.490 e. The Morgan fingerprint density at radius 3 is 2.43 bits per heavy atom. The van der Waals surface area contributed by atoms with Crippen LogP contribution < -0.4 is 10.1 Å². The first kappa shape index (κ1) is 37.5. The number of halogens is 5. The smallest absolute Gasteiger partial charge is 0.434 e. The number of rotatable bonds is 9. The average molecular weight is 746 g/mol. The lowest BCUT2D eigenvalue weighted by atomic mass is 9.56. The van der Waals surface area contributed by atoms with E-state index in [1.807, 2.05) is 36.3 Å². The van der Waals surface area contributed by atoms with Crippen LogP contribution in [-0.2, 0) is 11.0 Å². The number of nitrogens with zero attached hydrogens (tertiary/aromatic N) is 4. The fourth-order valence-electron chi connectivity index (χ4n) is 9.78. The monoisotopic (exact) mass is 745 g/mol. The maximum atomic E-state index is 14.7. The molecule has 4 fully saturated rings. The highest BCUT2D eigenvalue weighted by Gasteiger charge is 2.57. The predicted octanol–water partition coefficient (Wildman–Crippen LogP) is 8.37. The molecule has 0 spiro atoms. The number of nitrogens with one attached hydrogen (secondary N) is 1. The SMILES string of the molecule is CC[C@@H](C)n1cc(-c2ncc(C(=O)NC3(C(=O)O)C(C)CC4CC(C)CC3C4)c(C(F)(F)F)n2)c2ccc(OC3CCC(N4CC(F)(F)C4)CC3)cc21. The molecule has 53 heavy (non-hydrogen) atoms. The summed E-state index contributed by atoms with van der Waals surface area (Å²) in [6, 6.07) is 5.47. The highest BCUT2D eigenvalue weighted by atomic mass is 19.4. The van der Waals surface area contributed by atoms with E-state index in [2.05, 4.69) is 15.3 Å². The molecule has 5 unspecified atom stereocenters. The summed E-state index contributed by atoms with van der Waals surface area (Å²) in [5, 5.41) is 13.7. The maximum Gasteiger partial charge on any atom is 0.434 e. The summed E-state index contributed by atoms with van der Waals surface area (Å²) in [6.45, 7) is 7.40. The van der Waals surface area contributed by atoms with Gasteiger partial charge in [0.25, 0.3) is 11.8 Å². The molecule has 3 saturated carbocycles. The third-order valence-electron chi connectivity index (χ3n) is 12.6. The van der Waals surface area contributed by atoms with E-state index in [9.17, 15) is 36.6 Å². The minimum absolute atomic E-state index is 0.0366. The van der Waals surface area contributed by atoms with Crippen molar-refractivity contribution in [2.45, 2.75) is 121 Å². The lowest BCUT2D eigenvalue weighted by Gasteiger charge is -2.52. The summed E-state index contributed by atoms with van der Waals surface area (Å²) < 4.78 is 79.3. The number of likely N-dealkylation sites (tertiary alicyclic amines) is 1. The lowest BCUT2D eigenvalue weighted by molar-refractivity contribution is -0.155. The van der Waals surface area contributed by atoms with Crippen LogP contribution in [0.15, 0.2) is 30.6 Å². The number of hydrogen-bond acceptors (Lipinski definition) is 6. The van der Waals surface area contributed by atoms with Gasteiger partial charge >= 0.3 is 12.1 Å². The molecule has 7 rings (SSSR count). The van der Waals surface area contributed by atoms with Gasteiger partial charge < -0.3 is 19.7 Å². The van der Waals surface area contributed by atoms with Gasteiger partial charge in [-0.15, -0.1) is 0 Å². The molecule has 1 aliphatic heterocycles. The number of carbonyl (C=O) groups excluding carboxylic acids is 1. The molecule has 6 atom stereocenters. The van der Waals surface area contributed by atoms with E-state index < -0.39 is 52.6 Å². The highest BCUT2D eigenvalue weighted by molar-refractivity contribution is 6.00. The second-order valence-corrected chi connectivity index (χ2v) is 16.3. The van der Waals surface area contributed by atoms with Crippen molar-refractivity contribution in [2.75, 3.05) is 13.1 Å². The molecule has 14 heteroatoms. The molecule has 3 aromatic rings. The van der Waals surface area contributed by atoms with Crippen LogP contribution in [-0.4, -0.2) is 73.1 Å². The van der Waals surface area contributed by atoms with Crippen LogP contribution in [0.25, 0.3) is 22.3 Å². The van der Waals surface area contributed by atoms with E-state index >= 15 is 0 Å². The zero-order chi connectivity index (χ0) is 38.0. The first-order chi connectivity index (χ1) is 25.0. The quantitative estimate of drug-likeness (QED) is 0.212. The molecule has 1 amide bonds. The molecule has 4 aliphatic rings. The van der Waals surface area contributed by atoms with Gasteiger partial charge in [-0.2, -0.15) is 13.2 Å². The summed E-state index contributed by atoms with van der Waals surface area (Å²) in [5.74, 6) is -4.95. The number of amides is 1. The molecule has 3 aliphatic carbocycles. The van der Waals surface area contributed by atoms with E-state index in [1.54, 1.807) is 25.3 Å². The first-order valence-electron chi connectivity index (χ1n) is 18.9. The lowest BCUT2D eigenvalue weighted by Crippen LogP contribution is -2.66. The van der Waals surface area contributed by atoms with Crippen LogP contribution in [0.2, 0.25) is 0 Å². The van der Waals surface area contributed by atoms with Crippen molar-refractivity contribution in [3.05, 3.63) is 41.9 Å². The van der Waals surface area contributed by atoms with Crippen LogP contribution >= 0.6 is 0 Å². The molecule has 2 N–H and O–H groups in total. The Morgan fingerprint density at radius 2 is 1.79 bits per heavy atom. The van der Waals surface area contributed by atoms with E-state index in [4.69, 9.17) is 4.74 Å². The zero-order valence-electron chi connectivity index (χ0n) is 30.6. The summed E-state index contributed by atoms with van der Waals surface area (Å²) in [7, 11) is 0. The molecular formula is C39H48F5N5O4. The molecule has 288 valence electrons. The summed E-state index contributed by atoms with van der Waals surface area (Å²) >= 11 is 0. The summed E-state index contributed by atoms with van der Waals surface area (Å²) in [4.78, 5) is 36.7. The average Bonchev–Trinajstić information content (AvgIpc) is 3.46. The third kappa shape index (κ3) is 7.00. The van der Waals surface area contributed by atoms with E-state index in [-0.39, 0.29) is 43.0 Å².